The topological polar surface area (TPSA) is 61.7 Å². The van der Waals surface area contributed by atoms with Crippen molar-refractivity contribution in [2.75, 3.05) is 11.1 Å². The largest absolute Gasteiger partial charge is 0.385 e. The minimum Gasteiger partial charge on any atom is -0.325 e. The normalized spacial score (nSPS) is 10.6. The smallest absolute Gasteiger partial charge is 0.325 e. The highest BCUT2D eigenvalue weighted by molar-refractivity contribution is 7.99. The van der Waals surface area contributed by atoms with Gasteiger partial charge in [0, 0.05) is 10.7 Å². The molecule has 0 saturated heterocycles. The maximum absolute atomic E-state index is 12.2. The molecule has 0 spiro atoms. The molecule has 2 N–H and O–H groups in total. The van der Waals surface area contributed by atoms with Crippen LogP contribution in [0.25, 0.3) is 5.69 Å². The van der Waals surface area contributed by atoms with E-state index >= 15 is 0 Å². The highest BCUT2D eigenvalue weighted by Gasteiger charge is 2.18. The van der Waals surface area contributed by atoms with Crippen LogP contribution in [0.2, 0.25) is 5.02 Å². The maximum Gasteiger partial charge on any atom is 0.385 e. The van der Waals surface area contributed by atoms with Crippen molar-refractivity contribution in [3.63, 3.8) is 0 Å². The second kappa shape index (κ2) is 7.51. The number of para-hydroxylation sites is 1. The molecule has 0 aliphatic rings. The quantitative estimate of drug-likeness (QED) is 0.542. The molecule has 3 aromatic rings. The molecule has 122 valence electrons. The van der Waals surface area contributed by atoms with Crippen LogP contribution in [0.1, 0.15) is 5.56 Å². The fourth-order valence-electron chi connectivity index (χ4n) is 2.16. The summed E-state index contributed by atoms with van der Waals surface area (Å²) in [6.45, 7) is 1.93. The lowest BCUT2D eigenvalue weighted by Gasteiger charge is -2.07. The number of aryl methyl sites for hydroxylation is 1. The van der Waals surface area contributed by atoms with Crippen molar-refractivity contribution in [1.82, 2.24) is 10.1 Å². The van der Waals surface area contributed by atoms with Gasteiger partial charge >= 0.3 is 5.16 Å². The number of thioether (sulfide) groups is 1. The van der Waals surface area contributed by atoms with Gasteiger partial charge in [0.2, 0.25) is 12.2 Å². The van der Waals surface area contributed by atoms with E-state index in [9.17, 15) is 4.79 Å². The van der Waals surface area contributed by atoms with Gasteiger partial charge in [0.05, 0.1) is 5.75 Å². The number of nitrogens with zero attached hydrogens (tertiary/aromatic N) is 2. The number of H-pyrrole nitrogens is 1. The van der Waals surface area contributed by atoms with Gasteiger partial charge in [-0.05, 0) is 53.5 Å². The van der Waals surface area contributed by atoms with E-state index in [1.165, 1.54) is 11.8 Å². The molecule has 0 fully saturated rings. The number of carbonyl (C=O) groups excluding carboxylic acids is 1. The van der Waals surface area contributed by atoms with Crippen LogP contribution in [0.5, 0.6) is 0 Å². The molecule has 5 nitrogen and oxygen atoms in total. The van der Waals surface area contributed by atoms with Crippen molar-refractivity contribution >= 4 is 35.0 Å². The molecular weight excluding hydrogens is 344 g/mol. The zero-order valence-electron chi connectivity index (χ0n) is 13.0. The van der Waals surface area contributed by atoms with E-state index < -0.39 is 0 Å². The third-order valence-electron chi connectivity index (χ3n) is 3.37. The van der Waals surface area contributed by atoms with Crippen molar-refractivity contribution in [2.45, 2.75) is 12.1 Å². The van der Waals surface area contributed by atoms with E-state index in [0.717, 1.165) is 22.1 Å². The molecule has 0 atom stereocenters. The number of hydrogen-bond acceptors (Lipinski definition) is 3. The Morgan fingerprint density at radius 3 is 2.88 bits per heavy atom. The lowest BCUT2D eigenvalue weighted by molar-refractivity contribution is -0.694. The lowest BCUT2D eigenvalue weighted by Crippen LogP contribution is -2.35. The Morgan fingerprint density at radius 1 is 1.29 bits per heavy atom. The van der Waals surface area contributed by atoms with E-state index in [4.69, 9.17) is 11.6 Å². The van der Waals surface area contributed by atoms with E-state index in [1.807, 2.05) is 48.0 Å². The summed E-state index contributed by atoms with van der Waals surface area (Å²) >= 11 is 7.33. The van der Waals surface area contributed by atoms with Crippen molar-refractivity contribution in [3.8, 4) is 5.69 Å². The Kier molecular flexibility index (Phi) is 5.17. The van der Waals surface area contributed by atoms with E-state index in [0.29, 0.717) is 5.02 Å². The van der Waals surface area contributed by atoms with Crippen LogP contribution < -0.4 is 10.00 Å². The monoisotopic (exact) mass is 359 g/mol. The molecule has 0 unspecified atom stereocenters. The second-order valence-electron chi connectivity index (χ2n) is 5.14. The Bertz CT molecular complexity index is 851. The van der Waals surface area contributed by atoms with Crippen LogP contribution in [-0.4, -0.2) is 21.7 Å². The Labute approximate surface area is 149 Å². The molecule has 1 heterocycles. The molecule has 0 aliphatic carbocycles. The van der Waals surface area contributed by atoms with Gasteiger partial charge in [-0.2, -0.15) is 5.10 Å². The van der Waals surface area contributed by atoms with Gasteiger partial charge in [-0.25, -0.2) is 0 Å². The van der Waals surface area contributed by atoms with Crippen LogP contribution in [0.3, 0.4) is 0 Å². The van der Waals surface area contributed by atoms with E-state index in [-0.39, 0.29) is 11.7 Å². The Morgan fingerprint density at radius 2 is 2.08 bits per heavy atom. The average Bonchev–Trinajstić information content (AvgIpc) is 3.06. The molecule has 2 aromatic carbocycles. The minimum absolute atomic E-state index is 0.104. The number of carbonyl (C=O) groups is 1. The second-order valence-corrected chi connectivity index (χ2v) is 6.52. The Balaban J connectivity index is 1.65. The zero-order valence-corrected chi connectivity index (χ0v) is 14.6. The highest BCUT2D eigenvalue weighted by Crippen LogP contribution is 2.21. The minimum atomic E-state index is -0.104. The summed E-state index contributed by atoms with van der Waals surface area (Å²) in [5, 5.41) is 7.25. The first kappa shape index (κ1) is 16.5. The number of nitrogens with one attached hydrogen (secondary N) is 2. The van der Waals surface area contributed by atoms with Gasteiger partial charge in [-0.1, -0.05) is 35.9 Å². The third-order valence-corrected chi connectivity index (χ3v) is 4.56. The van der Waals surface area contributed by atoms with Gasteiger partial charge in [0.25, 0.3) is 0 Å². The first-order valence-corrected chi connectivity index (χ1v) is 8.69. The number of benzene rings is 2. The van der Waals surface area contributed by atoms with Gasteiger partial charge in [-0.3, -0.25) is 4.79 Å². The molecular formula is C17H16ClN4OS+. The number of aromatic amines is 1. The standard InChI is InChI=1S/C17H15ClN4OS/c1-12-7-8-13(18)9-15(12)21-16(23)10-24-17-19-11-20-22(17)14-5-3-2-4-6-14/h2-9,11H,10H2,1H3,(H,21,23)/p+1. The molecule has 1 amide bonds. The van der Waals surface area contributed by atoms with E-state index in [1.54, 1.807) is 18.5 Å². The zero-order chi connectivity index (χ0) is 16.9. The van der Waals surface area contributed by atoms with Gasteiger partial charge in [-0.15, -0.1) is 4.68 Å². The van der Waals surface area contributed by atoms with Crippen molar-refractivity contribution < 1.29 is 9.48 Å². The number of halogens is 1. The highest BCUT2D eigenvalue weighted by atomic mass is 35.5. The number of anilines is 1. The third kappa shape index (κ3) is 3.96. The summed E-state index contributed by atoms with van der Waals surface area (Å²) in [6, 6.07) is 15.2. The summed E-state index contributed by atoms with van der Waals surface area (Å²) in [4.78, 5) is 16.5. The van der Waals surface area contributed by atoms with E-state index in [2.05, 4.69) is 15.4 Å². The van der Waals surface area contributed by atoms with Gasteiger partial charge in [0.15, 0.2) is 5.69 Å². The summed E-state index contributed by atoms with van der Waals surface area (Å²) in [5.74, 6) is 0.150. The van der Waals surface area contributed by atoms with Crippen LogP contribution in [0, 0.1) is 6.92 Å². The summed E-state index contributed by atoms with van der Waals surface area (Å²) in [7, 11) is 0. The van der Waals surface area contributed by atoms with Crippen LogP contribution in [-0.2, 0) is 4.79 Å². The van der Waals surface area contributed by atoms with Crippen LogP contribution in [0.15, 0.2) is 60.0 Å². The van der Waals surface area contributed by atoms with Gasteiger partial charge < -0.3 is 5.32 Å². The van der Waals surface area contributed by atoms with Crippen LogP contribution in [0.4, 0.5) is 5.69 Å². The molecule has 0 radical (unpaired) electrons. The molecule has 24 heavy (non-hydrogen) atoms. The number of aromatic nitrogens is 3. The van der Waals surface area contributed by atoms with Gasteiger partial charge in [0.1, 0.15) is 0 Å². The van der Waals surface area contributed by atoms with Crippen molar-refractivity contribution in [1.29, 1.82) is 0 Å². The SMILES string of the molecule is Cc1ccc(Cl)cc1NC(=O)CSc1nc[nH][n+]1-c1ccccc1. The van der Waals surface area contributed by atoms with Crippen molar-refractivity contribution in [2.24, 2.45) is 0 Å². The summed E-state index contributed by atoms with van der Waals surface area (Å²) < 4.78 is 1.84. The number of rotatable bonds is 5. The maximum atomic E-state index is 12.2. The molecule has 1 aromatic heterocycles. The van der Waals surface area contributed by atoms with Crippen LogP contribution >= 0.6 is 23.4 Å². The average molecular weight is 360 g/mol. The molecule has 0 aliphatic heterocycles. The predicted octanol–water partition coefficient (Wildman–Crippen LogP) is 3.38. The summed E-state index contributed by atoms with van der Waals surface area (Å²) in [5.41, 5.74) is 2.66. The first-order valence-electron chi connectivity index (χ1n) is 7.33. The fraction of sp³-hybridized carbons (Fsp3) is 0.118. The molecule has 0 saturated carbocycles. The first-order chi connectivity index (χ1) is 11.6. The fourth-order valence-corrected chi connectivity index (χ4v) is 3.08. The predicted molar refractivity (Wildman–Crippen MR) is 95.7 cm³/mol. The lowest BCUT2D eigenvalue weighted by atomic mass is 10.2. The number of amides is 1. The number of hydrogen-bond donors (Lipinski definition) is 2. The molecule has 0 bridgehead atoms. The molecule has 3 rings (SSSR count). The summed E-state index contributed by atoms with van der Waals surface area (Å²) in [6.07, 6.45) is 1.61. The van der Waals surface area contributed by atoms with Crippen molar-refractivity contribution in [3.05, 3.63) is 65.4 Å². The molecule has 7 heteroatoms. The Hall–Kier alpha value is -2.31.